The number of carboxylic acids is 1. The lowest BCUT2D eigenvalue weighted by Gasteiger charge is -1.91. The van der Waals surface area contributed by atoms with Crippen LogP contribution in [0.25, 0.3) is 0 Å². The lowest BCUT2D eigenvalue weighted by Crippen LogP contribution is -2.02. The van der Waals surface area contributed by atoms with Gasteiger partial charge >= 0.3 is 5.97 Å². The first kappa shape index (κ1) is 6.74. The van der Waals surface area contributed by atoms with Gasteiger partial charge in [-0.2, -0.15) is 0 Å². The normalized spacial score (nSPS) is 15.6. The molecule has 0 aromatic carbocycles. The Hall–Kier alpha value is -1.38. The number of aliphatic carboxylic acids is 1. The second kappa shape index (κ2) is 2.47. The molecule has 52 valence electrons. The largest absolute Gasteiger partial charge is 0.481 e. The van der Waals surface area contributed by atoms with Crippen LogP contribution in [0.5, 0.6) is 0 Å². The molecule has 3 nitrogen and oxygen atoms in total. The van der Waals surface area contributed by atoms with Crippen LogP contribution in [-0.4, -0.2) is 16.9 Å². The fraction of sp³-hybridized carbons (Fsp3) is 0.143. The van der Waals surface area contributed by atoms with Crippen molar-refractivity contribution in [1.29, 1.82) is 0 Å². The molecule has 0 saturated heterocycles. The lowest BCUT2D eigenvalue weighted by molar-refractivity contribution is -0.136. The van der Waals surface area contributed by atoms with Crippen molar-refractivity contribution in [2.75, 3.05) is 0 Å². The zero-order chi connectivity index (χ0) is 7.56. The fourth-order valence-corrected chi connectivity index (χ4v) is 0.750. The van der Waals surface area contributed by atoms with Crippen LogP contribution in [0.2, 0.25) is 0 Å². The van der Waals surface area contributed by atoms with Crippen LogP contribution in [-0.2, 0) is 9.59 Å². The van der Waals surface area contributed by atoms with E-state index in [2.05, 4.69) is 0 Å². The summed E-state index contributed by atoms with van der Waals surface area (Å²) in [5.41, 5.74) is 0.354. The van der Waals surface area contributed by atoms with Crippen molar-refractivity contribution >= 4 is 11.8 Å². The molecule has 0 fully saturated rings. The zero-order valence-electron chi connectivity index (χ0n) is 5.20. The Morgan fingerprint density at radius 1 is 1.60 bits per heavy atom. The van der Waals surface area contributed by atoms with E-state index < -0.39 is 5.97 Å². The SMILES string of the molecule is O=C(O)CC1=CC=CC1=O. The number of hydrogen-bond donors (Lipinski definition) is 1. The van der Waals surface area contributed by atoms with E-state index in [1.165, 1.54) is 12.2 Å². The molecular weight excluding hydrogens is 132 g/mol. The van der Waals surface area contributed by atoms with Crippen LogP contribution >= 0.6 is 0 Å². The van der Waals surface area contributed by atoms with Gasteiger partial charge in [-0.1, -0.05) is 12.2 Å². The van der Waals surface area contributed by atoms with Crippen molar-refractivity contribution in [3.8, 4) is 0 Å². The minimum absolute atomic E-state index is 0.175. The monoisotopic (exact) mass is 138 g/mol. The van der Waals surface area contributed by atoms with Gasteiger partial charge in [-0.05, 0) is 6.08 Å². The first-order valence-electron chi connectivity index (χ1n) is 2.83. The number of hydrogen-bond acceptors (Lipinski definition) is 2. The highest BCUT2D eigenvalue weighted by atomic mass is 16.4. The Kier molecular flexibility index (Phi) is 1.67. The maximum atomic E-state index is 10.7. The van der Waals surface area contributed by atoms with E-state index in [1.807, 2.05) is 0 Å². The van der Waals surface area contributed by atoms with Crippen LogP contribution in [0.4, 0.5) is 0 Å². The van der Waals surface area contributed by atoms with E-state index in [-0.39, 0.29) is 12.2 Å². The van der Waals surface area contributed by atoms with Crippen LogP contribution in [0, 0.1) is 0 Å². The van der Waals surface area contributed by atoms with Gasteiger partial charge in [-0.25, -0.2) is 0 Å². The Bertz CT molecular complexity index is 235. The third-order valence-electron chi connectivity index (χ3n) is 1.20. The quantitative estimate of drug-likeness (QED) is 0.605. The van der Waals surface area contributed by atoms with Gasteiger partial charge in [-0.15, -0.1) is 0 Å². The zero-order valence-corrected chi connectivity index (χ0v) is 5.20. The molecule has 0 atom stereocenters. The molecule has 0 aromatic rings. The van der Waals surface area contributed by atoms with E-state index in [4.69, 9.17) is 5.11 Å². The van der Waals surface area contributed by atoms with Gasteiger partial charge < -0.3 is 5.11 Å². The molecule has 0 unspecified atom stereocenters. The third-order valence-corrected chi connectivity index (χ3v) is 1.20. The van der Waals surface area contributed by atoms with Crippen molar-refractivity contribution in [1.82, 2.24) is 0 Å². The summed E-state index contributed by atoms with van der Waals surface area (Å²) < 4.78 is 0. The molecule has 0 amide bonds. The summed E-state index contributed by atoms with van der Waals surface area (Å²) in [4.78, 5) is 20.8. The number of carbonyl (C=O) groups is 2. The average molecular weight is 138 g/mol. The first-order chi connectivity index (χ1) is 4.70. The minimum Gasteiger partial charge on any atom is -0.481 e. The van der Waals surface area contributed by atoms with E-state index in [9.17, 15) is 9.59 Å². The summed E-state index contributed by atoms with van der Waals surface area (Å²) in [6.45, 7) is 0. The predicted molar refractivity (Wildman–Crippen MR) is 34.5 cm³/mol. The number of carboxylic acid groups (broad SMARTS) is 1. The number of allylic oxidation sites excluding steroid dienone is 3. The molecule has 1 aliphatic carbocycles. The van der Waals surface area contributed by atoms with Crippen LogP contribution < -0.4 is 0 Å². The number of rotatable bonds is 2. The van der Waals surface area contributed by atoms with Gasteiger partial charge in [0.25, 0.3) is 0 Å². The summed E-state index contributed by atoms with van der Waals surface area (Å²) in [7, 11) is 0. The van der Waals surface area contributed by atoms with Gasteiger partial charge in [0.1, 0.15) is 0 Å². The van der Waals surface area contributed by atoms with Crippen molar-refractivity contribution < 1.29 is 14.7 Å². The number of ketones is 1. The van der Waals surface area contributed by atoms with Crippen molar-refractivity contribution in [2.24, 2.45) is 0 Å². The standard InChI is InChI=1S/C7H6O3/c8-6-3-1-2-5(6)4-7(9)10/h1-3H,4H2,(H,9,10). The summed E-state index contributed by atoms with van der Waals surface area (Å²) in [6.07, 6.45) is 4.27. The molecule has 1 rings (SSSR count). The van der Waals surface area contributed by atoms with E-state index >= 15 is 0 Å². The van der Waals surface area contributed by atoms with Gasteiger partial charge in [0.15, 0.2) is 5.78 Å². The second-order valence-corrected chi connectivity index (χ2v) is 1.99. The van der Waals surface area contributed by atoms with E-state index in [0.717, 1.165) is 0 Å². The summed E-state index contributed by atoms with van der Waals surface area (Å²) in [6, 6.07) is 0. The molecule has 10 heavy (non-hydrogen) atoms. The van der Waals surface area contributed by atoms with Crippen LogP contribution in [0.3, 0.4) is 0 Å². The van der Waals surface area contributed by atoms with Gasteiger partial charge in [-0.3, -0.25) is 9.59 Å². The highest BCUT2D eigenvalue weighted by Crippen LogP contribution is 2.09. The molecule has 0 radical (unpaired) electrons. The van der Waals surface area contributed by atoms with Crippen molar-refractivity contribution in [2.45, 2.75) is 6.42 Å². The van der Waals surface area contributed by atoms with Crippen LogP contribution in [0.15, 0.2) is 23.8 Å². The topological polar surface area (TPSA) is 54.4 Å². The van der Waals surface area contributed by atoms with Gasteiger partial charge in [0.2, 0.25) is 0 Å². The smallest absolute Gasteiger partial charge is 0.307 e. The van der Waals surface area contributed by atoms with Crippen molar-refractivity contribution in [3.05, 3.63) is 23.8 Å². The van der Waals surface area contributed by atoms with Crippen LogP contribution in [0.1, 0.15) is 6.42 Å². The molecule has 0 heterocycles. The average Bonchev–Trinajstić information content (AvgIpc) is 2.15. The fourth-order valence-electron chi connectivity index (χ4n) is 0.750. The summed E-state index contributed by atoms with van der Waals surface area (Å²) in [5, 5.41) is 8.27. The summed E-state index contributed by atoms with van der Waals surface area (Å²) >= 11 is 0. The second-order valence-electron chi connectivity index (χ2n) is 1.99. The summed E-state index contributed by atoms with van der Waals surface area (Å²) in [5.74, 6) is -1.16. The molecule has 0 aliphatic heterocycles. The molecule has 0 spiro atoms. The third kappa shape index (κ3) is 1.31. The number of carbonyl (C=O) groups excluding carboxylic acids is 1. The molecule has 0 bridgehead atoms. The van der Waals surface area contributed by atoms with Gasteiger partial charge in [0.05, 0.1) is 6.42 Å². The Morgan fingerprint density at radius 2 is 2.30 bits per heavy atom. The van der Waals surface area contributed by atoms with E-state index in [0.29, 0.717) is 5.57 Å². The lowest BCUT2D eigenvalue weighted by atomic mass is 10.1. The highest BCUT2D eigenvalue weighted by Gasteiger charge is 2.12. The molecular formula is C7H6O3. The molecule has 0 saturated carbocycles. The Morgan fingerprint density at radius 3 is 2.70 bits per heavy atom. The molecule has 0 aromatic heterocycles. The van der Waals surface area contributed by atoms with Crippen molar-refractivity contribution in [3.63, 3.8) is 0 Å². The molecule has 1 N–H and O–H groups in total. The maximum absolute atomic E-state index is 10.7. The molecule has 1 aliphatic rings. The Labute approximate surface area is 57.7 Å². The molecule has 3 heteroatoms. The van der Waals surface area contributed by atoms with Gasteiger partial charge in [0, 0.05) is 5.57 Å². The van der Waals surface area contributed by atoms with E-state index in [1.54, 1.807) is 6.08 Å². The maximum Gasteiger partial charge on any atom is 0.307 e. The first-order valence-corrected chi connectivity index (χ1v) is 2.83. The Balaban J connectivity index is 2.61. The predicted octanol–water partition coefficient (Wildman–Crippen LogP) is 0.526. The highest BCUT2D eigenvalue weighted by molar-refractivity contribution is 6.08. The minimum atomic E-state index is -0.969.